The van der Waals surface area contributed by atoms with Crippen LogP contribution in [-0.4, -0.2) is 55.8 Å². The van der Waals surface area contributed by atoms with E-state index < -0.39 is 11.5 Å². The molecule has 1 aromatic carbocycles. The highest BCUT2D eigenvalue weighted by Gasteiger charge is 2.42. The average Bonchev–Trinajstić information content (AvgIpc) is 3.45. The molecule has 3 aromatic rings. The van der Waals surface area contributed by atoms with Gasteiger partial charge in [0.15, 0.2) is 5.69 Å². The summed E-state index contributed by atoms with van der Waals surface area (Å²) in [5, 5.41) is 15.7. The number of carbonyl (C=O) groups excluding carboxylic acids is 2. The zero-order chi connectivity index (χ0) is 22.5. The first-order chi connectivity index (χ1) is 15.4. The Bertz CT molecular complexity index is 1310. The fourth-order valence-electron chi connectivity index (χ4n) is 4.11. The molecule has 3 N–H and O–H groups in total. The Hall–Kier alpha value is -3.70. The molecule has 3 heterocycles. The van der Waals surface area contributed by atoms with E-state index in [-0.39, 0.29) is 18.0 Å². The van der Waals surface area contributed by atoms with Gasteiger partial charge in [0.1, 0.15) is 0 Å². The normalized spacial score (nSPS) is 20.4. The fraction of sp³-hybridized carbons (Fsp3) is 0.333. The van der Waals surface area contributed by atoms with Gasteiger partial charge in [0.25, 0.3) is 11.8 Å². The lowest BCUT2D eigenvalue weighted by atomic mass is 10.0. The molecule has 5 rings (SSSR count). The van der Waals surface area contributed by atoms with Crippen molar-refractivity contribution in [2.75, 3.05) is 13.6 Å². The summed E-state index contributed by atoms with van der Waals surface area (Å²) in [6, 6.07) is 9.09. The topological polar surface area (TPSA) is 114 Å². The minimum absolute atomic E-state index is 0.203. The predicted molar refractivity (Wildman–Crippen MR) is 118 cm³/mol. The van der Waals surface area contributed by atoms with Crippen molar-refractivity contribution in [1.29, 1.82) is 0 Å². The molecule has 162 valence electrons. The first kappa shape index (κ1) is 20.2. The van der Waals surface area contributed by atoms with Crippen LogP contribution < -0.4 is 5.73 Å². The van der Waals surface area contributed by atoms with E-state index >= 15 is 0 Å². The molecule has 0 spiro atoms. The molecule has 1 atom stereocenters. The third-order valence-electron chi connectivity index (χ3n) is 6.10. The molecule has 1 aliphatic carbocycles. The molecular weight excluding hydrogens is 406 g/mol. The summed E-state index contributed by atoms with van der Waals surface area (Å²) in [6.07, 6.45) is 5.14. The molecule has 0 radical (unpaired) electrons. The van der Waals surface area contributed by atoms with Crippen LogP contribution in [0.5, 0.6) is 0 Å². The summed E-state index contributed by atoms with van der Waals surface area (Å²) >= 11 is 0. The van der Waals surface area contributed by atoms with Crippen LogP contribution in [0.15, 0.2) is 36.5 Å². The van der Waals surface area contributed by atoms with Crippen LogP contribution in [0, 0.1) is 17.8 Å². The fourth-order valence-corrected chi connectivity index (χ4v) is 4.11. The lowest BCUT2D eigenvalue weighted by Gasteiger charge is -2.13. The third-order valence-corrected chi connectivity index (χ3v) is 6.10. The van der Waals surface area contributed by atoms with Gasteiger partial charge < -0.3 is 15.7 Å². The number of fused-ring (bicyclic) bond motifs is 1. The Labute approximate surface area is 185 Å². The molecule has 8 heteroatoms. The molecular formula is C24H23N5O3. The first-order valence-electron chi connectivity index (χ1n) is 10.6. The van der Waals surface area contributed by atoms with Crippen LogP contribution in [0.3, 0.4) is 0 Å². The predicted octanol–water partition coefficient (Wildman–Crippen LogP) is 1.42. The molecule has 1 aliphatic heterocycles. The maximum Gasteiger partial charge on any atom is 0.269 e. The Morgan fingerprint density at radius 3 is 2.84 bits per heavy atom. The van der Waals surface area contributed by atoms with E-state index in [1.54, 1.807) is 30.1 Å². The number of carbonyl (C=O) groups is 2. The van der Waals surface area contributed by atoms with Crippen molar-refractivity contribution in [3.8, 4) is 17.5 Å². The van der Waals surface area contributed by atoms with E-state index in [0.29, 0.717) is 29.1 Å². The summed E-state index contributed by atoms with van der Waals surface area (Å²) in [7, 11) is 1.65. The van der Waals surface area contributed by atoms with Gasteiger partial charge in [-0.2, -0.15) is 5.10 Å². The third kappa shape index (κ3) is 3.51. The number of likely N-dealkylation sites (N-methyl/N-ethyl adjacent to an activating group) is 1. The molecule has 8 nitrogen and oxygen atoms in total. The van der Waals surface area contributed by atoms with Gasteiger partial charge in [0, 0.05) is 31.8 Å². The minimum atomic E-state index is -1.66. The highest BCUT2D eigenvalue weighted by Crippen LogP contribution is 2.35. The Balaban J connectivity index is 1.56. The van der Waals surface area contributed by atoms with Crippen LogP contribution >= 0.6 is 0 Å². The highest BCUT2D eigenvalue weighted by molar-refractivity contribution is 6.05. The highest BCUT2D eigenvalue weighted by atomic mass is 16.3. The number of likely N-dealkylation sites (tertiary alicyclic amines) is 1. The SMILES string of the molecule is CN1CC[C@@](O)(C#Cc2cccc(-n3nc(C(N)=O)c4c(CC5CC5)nccc43)c2)C1=O. The molecule has 2 amide bonds. The molecule has 2 fully saturated rings. The van der Waals surface area contributed by atoms with Crippen LogP contribution in [0.1, 0.15) is 41.0 Å². The lowest BCUT2D eigenvalue weighted by Crippen LogP contribution is -2.37. The number of rotatable bonds is 4. The summed E-state index contributed by atoms with van der Waals surface area (Å²) < 4.78 is 1.67. The molecule has 1 saturated heterocycles. The van der Waals surface area contributed by atoms with Crippen molar-refractivity contribution < 1.29 is 14.7 Å². The van der Waals surface area contributed by atoms with Crippen LogP contribution in [-0.2, 0) is 11.2 Å². The van der Waals surface area contributed by atoms with E-state index in [9.17, 15) is 14.7 Å². The summed E-state index contributed by atoms with van der Waals surface area (Å²) in [4.78, 5) is 30.3. The monoisotopic (exact) mass is 429 g/mol. The van der Waals surface area contributed by atoms with Gasteiger partial charge in [-0.3, -0.25) is 14.6 Å². The van der Waals surface area contributed by atoms with E-state index in [4.69, 9.17) is 5.73 Å². The van der Waals surface area contributed by atoms with Crippen molar-refractivity contribution >= 4 is 22.7 Å². The standard InChI is InChI=1S/C24H23N5O3/c1-28-12-10-24(32,23(28)31)9-7-15-3-2-4-17(13-15)29-19-8-11-26-18(14-16-5-6-16)20(19)21(27-29)22(25)30/h2-4,8,11,13,16,32H,5-6,10,12,14H2,1H3,(H2,25,30)/t24-/m0/s1. The molecule has 2 aromatic heterocycles. The van der Waals surface area contributed by atoms with Gasteiger partial charge >= 0.3 is 0 Å². The number of hydrogen-bond acceptors (Lipinski definition) is 5. The number of hydrogen-bond donors (Lipinski definition) is 2. The van der Waals surface area contributed by atoms with Crippen LogP contribution in [0.25, 0.3) is 16.6 Å². The van der Waals surface area contributed by atoms with E-state index in [0.717, 1.165) is 17.6 Å². The van der Waals surface area contributed by atoms with E-state index in [1.807, 2.05) is 18.2 Å². The first-order valence-corrected chi connectivity index (χ1v) is 10.6. The summed E-state index contributed by atoms with van der Waals surface area (Å²) in [6.45, 7) is 0.469. The number of nitrogens with zero attached hydrogens (tertiary/aromatic N) is 4. The van der Waals surface area contributed by atoms with Crippen LogP contribution in [0.2, 0.25) is 0 Å². The zero-order valence-corrected chi connectivity index (χ0v) is 17.7. The van der Waals surface area contributed by atoms with Crippen LogP contribution in [0.4, 0.5) is 0 Å². The molecule has 2 aliphatic rings. The Morgan fingerprint density at radius 1 is 1.34 bits per heavy atom. The second-order valence-electron chi connectivity index (χ2n) is 8.56. The molecule has 1 saturated carbocycles. The van der Waals surface area contributed by atoms with E-state index in [1.165, 1.54) is 17.7 Å². The Kier molecular flexibility index (Phi) is 4.72. The van der Waals surface area contributed by atoms with E-state index in [2.05, 4.69) is 21.9 Å². The summed E-state index contributed by atoms with van der Waals surface area (Å²) in [5.74, 6) is 5.26. The number of aromatic nitrogens is 3. The smallest absolute Gasteiger partial charge is 0.269 e. The summed E-state index contributed by atoms with van der Waals surface area (Å²) in [5.41, 5.74) is 7.09. The van der Waals surface area contributed by atoms with Gasteiger partial charge in [-0.25, -0.2) is 4.68 Å². The maximum absolute atomic E-state index is 12.2. The van der Waals surface area contributed by atoms with Gasteiger partial charge in [0.05, 0.1) is 22.3 Å². The van der Waals surface area contributed by atoms with Crippen molar-refractivity contribution in [2.24, 2.45) is 11.7 Å². The molecule has 32 heavy (non-hydrogen) atoms. The van der Waals surface area contributed by atoms with Gasteiger partial charge in [0.2, 0.25) is 5.60 Å². The average molecular weight is 429 g/mol. The van der Waals surface area contributed by atoms with Crippen molar-refractivity contribution in [2.45, 2.75) is 31.3 Å². The number of pyridine rings is 1. The second-order valence-corrected chi connectivity index (χ2v) is 8.56. The largest absolute Gasteiger partial charge is 0.369 e. The Morgan fingerprint density at radius 2 is 2.16 bits per heavy atom. The lowest BCUT2D eigenvalue weighted by molar-refractivity contribution is -0.137. The van der Waals surface area contributed by atoms with Gasteiger partial charge in [-0.05, 0) is 49.4 Å². The minimum Gasteiger partial charge on any atom is -0.369 e. The molecule has 0 unspecified atom stereocenters. The zero-order valence-electron chi connectivity index (χ0n) is 17.7. The van der Waals surface area contributed by atoms with Crippen molar-refractivity contribution in [3.05, 3.63) is 53.5 Å². The quantitative estimate of drug-likeness (QED) is 0.609. The van der Waals surface area contributed by atoms with Crippen molar-refractivity contribution in [3.63, 3.8) is 0 Å². The van der Waals surface area contributed by atoms with Gasteiger partial charge in [-0.15, -0.1) is 0 Å². The number of benzene rings is 1. The second kappa shape index (κ2) is 7.46. The number of aliphatic hydroxyl groups is 1. The maximum atomic E-state index is 12.2. The van der Waals surface area contributed by atoms with Gasteiger partial charge in [-0.1, -0.05) is 17.9 Å². The number of amides is 2. The number of primary amides is 1. The van der Waals surface area contributed by atoms with Crippen molar-refractivity contribution in [1.82, 2.24) is 19.7 Å². The molecule has 0 bridgehead atoms. The number of nitrogens with two attached hydrogens (primary N) is 1.